The van der Waals surface area contributed by atoms with Crippen LogP contribution < -0.4 is 4.90 Å². The Morgan fingerprint density at radius 2 is 1.50 bits per heavy atom. The largest absolute Gasteiger partial charge is 0.352 e. The van der Waals surface area contributed by atoms with Crippen LogP contribution in [0.15, 0.2) is 78.0 Å². The molecular formula is C21H20N6O2S. The first-order valence-corrected chi connectivity index (χ1v) is 11.1. The minimum absolute atomic E-state index is 0.331. The zero-order chi connectivity index (χ0) is 20.6. The lowest BCUT2D eigenvalue weighted by molar-refractivity contribution is 0.383. The van der Waals surface area contributed by atoms with Crippen LogP contribution in [0.1, 0.15) is 0 Å². The van der Waals surface area contributed by atoms with E-state index in [2.05, 4.69) is 15.3 Å². The van der Waals surface area contributed by atoms with E-state index < -0.39 is 10.0 Å². The highest BCUT2D eigenvalue weighted by atomic mass is 32.2. The van der Waals surface area contributed by atoms with E-state index in [1.807, 2.05) is 53.4 Å². The van der Waals surface area contributed by atoms with Gasteiger partial charge in [0.25, 0.3) is 0 Å². The molecule has 2 aromatic heterocycles. The van der Waals surface area contributed by atoms with Gasteiger partial charge in [0.05, 0.1) is 4.90 Å². The fourth-order valence-corrected chi connectivity index (χ4v) is 5.11. The third-order valence-electron chi connectivity index (χ3n) is 5.30. The topological polar surface area (TPSA) is 84.2 Å². The van der Waals surface area contributed by atoms with Crippen molar-refractivity contribution in [1.29, 1.82) is 0 Å². The molecule has 0 amide bonds. The first-order valence-electron chi connectivity index (χ1n) is 9.69. The number of benzene rings is 2. The van der Waals surface area contributed by atoms with E-state index in [0.717, 1.165) is 16.6 Å². The molecule has 2 aromatic carbocycles. The molecule has 8 nitrogen and oxygen atoms in total. The lowest BCUT2D eigenvalue weighted by atomic mass is 10.1. The number of hydrogen-bond acceptors (Lipinski definition) is 6. The quantitative estimate of drug-likeness (QED) is 0.504. The Balaban J connectivity index is 1.30. The molecule has 5 rings (SSSR count). The maximum absolute atomic E-state index is 13.1. The van der Waals surface area contributed by atoms with Gasteiger partial charge >= 0.3 is 0 Å². The summed E-state index contributed by atoms with van der Waals surface area (Å²) in [7, 11) is -3.54. The molecule has 0 N–H and O–H groups in total. The molecule has 0 spiro atoms. The van der Waals surface area contributed by atoms with E-state index in [1.165, 1.54) is 0 Å². The van der Waals surface area contributed by atoms with Gasteiger partial charge in [-0.15, -0.1) is 10.2 Å². The van der Waals surface area contributed by atoms with Gasteiger partial charge < -0.3 is 4.90 Å². The van der Waals surface area contributed by atoms with Crippen LogP contribution in [0.3, 0.4) is 0 Å². The second-order valence-corrected chi connectivity index (χ2v) is 9.04. The molecule has 1 aliphatic heterocycles. The number of piperazine rings is 1. The van der Waals surface area contributed by atoms with E-state index in [9.17, 15) is 8.42 Å². The molecule has 0 unspecified atom stereocenters. The Hall–Kier alpha value is -3.30. The number of sulfonamides is 1. The van der Waals surface area contributed by atoms with Crippen molar-refractivity contribution >= 4 is 26.6 Å². The SMILES string of the molecule is O=S(=O)(c1ccc2ccccc2c1)N1CCN(c2ccc(-n3cccn3)nn2)CC1. The Bertz CT molecular complexity index is 1260. The van der Waals surface area contributed by atoms with Gasteiger partial charge in [0, 0.05) is 38.6 Å². The average molecular weight is 420 g/mol. The predicted molar refractivity (Wildman–Crippen MR) is 114 cm³/mol. The average Bonchev–Trinajstić information content (AvgIpc) is 3.34. The smallest absolute Gasteiger partial charge is 0.243 e. The second-order valence-electron chi connectivity index (χ2n) is 7.10. The molecule has 0 aliphatic carbocycles. The number of anilines is 1. The molecule has 0 bridgehead atoms. The van der Waals surface area contributed by atoms with Crippen molar-refractivity contribution in [2.45, 2.75) is 4.90 Å². The van der Waals surface area contributed by atoms with Gasteiger partial charge in [0.2, 0.25) is 10.0 Å². The van der Waals surface area contributed by atoms with Crippen LogP contribution in [0.2, 0.25) is 0 Å². The van der Waals surface area contributed by atoms with Crippen molar-refractivity contribution in [3.05, 3.63) is 73.1 Å². The summed E-state index contributed by atoms with van der Waals surface area (Å²) in [5.41, 5.74) is 0. The fourth-order valence-electron chi connectivity index (χ4n) is 3.65. The summed E-state index contributed by atoms with van der Waals surface area (Å²) < 4.78 is 29.4. The lowest BCUT2D eigenvalue weighted by Gasteiger charge is -2.34. The standard InChI is InChI=1S/C21H20N6O2S/c28-30(29,19-7-6-17-4-1-2-5-18(17)16-19)26-14-12-25(13-15-26)20-8-9-21(24-23-20)27-11-3-10-22-27/h1-11,16H,12-15H2. The minimum Gasteiger partial charge on any atom is -0.352 e. The molecule has 1 fully saturated rings. The first kappa shape index (κ1) is 18.7. The van der Waals surface area contributed by atoms with Crippen LogP contribution in [0.25, 0.3) is 16.6 Å². The zero-order valence-corrected chi connectivity index (χ0v) is 17.0. The molecule has 30 heavy (non-hydrogen) atoms. The van der Waals surface area contributed by atoms with Gasteiger partial charge in [0.1, 0.15) is 0 Å². The third-order valence-corrected chi connectivity index (χ3v) is 7.19. The molecule has 0 saturated carbocycles. The van der Waals surface area contributed by atoms with Gasteiger partial charge in [-0.05, 0) is 41.1 Å². The minimum atomic E-state index is -3.54. The van der Waals surface area contributed by atoms with Crippen LogP contribution in [0.5, 0.6) is 0 Å². The Morgan fingerprint density at radius 1 is 0.767 bits per heavy atom. The Kier molecular flexibility index (Phi) is 4.68. The normalized spacial score (nSPS) is 15.5. The molecule has 3 heterocycles. The number of hydrogen-bond donors (Lipinski definition) is 0. The summed E-state index contributed by atoms with van der Waals surface area (Å²) in [6.45, 7) is 1.92. The van der Waals surface area contributed by atoms with Gasteiger partial charge in [0.15, 0.2) is 11.6 Å². The number of aromatic nitrogens is 4. The first-order chi connectivity index (χ1) is 14.6. The molecule has 0 atom stereocenters. The van der Waals surface area contributed by atoms with E-state index in [4.69, 9.17) is 0 Å². The van der Waals surface area contributed by atoms with Crippen LogP contribution in [-0.2, 0) is 10.0 Å². The molecule has 152 valence electrons. The monoisotopic (exact) mass is 420 g/mol. The highest BCUT2D eigenvalue weighted by molar-refractivity contribution is 7.89. The predicted octanol–water partition coefficient (Wildman–Crippen LogP) is 2.33. The fraction of sp³-hybridized carbons (Fsp3) is 0.190. The summed E-state index contributed by atoms with van der Waals surface area (Å²) in [4.78, 5) is 2.38. The van der Waals surface area contributed by atoms with Crippen molar-refractivity contribution in [2.75, 3.05) is 31.1 Å². The van der Waals surface area contributed by atoms with Crippen LogP contribution >= 0.6 is 0 Å². The van der Waals surface area contributed by atoms with Crippen molar-refractivity contribution in [2.24, 2.45) is 0 Å². The zero-order valence-electron chi connectivity index (χ0n) is 16.2. The molecule has 4 aromatic rings. The number of rotatable bonds is 4. The summed E-state index contributed by atoms with van der Waals surface area (Å²) in [5, 5.41) is 14.6. The molecule has 1 aliphatic rings. The maximum atomic E-state index is 13.1. The van der Waals surface area contributed by atoms with Gasteiger partial charge in [-0.2, -0.15) is 9.40 Å². The summed E-state index contributed by atoms with van der Waals surface area (Å²) >= 11 is 0. The van der Waals surface area contributed by atoms with E-state index in [-0.39, 0.29) is 0 Å². The summed E-state index contributed by atoms with van der Waals surface area (Å²) in [6, 6.07) is 18.6. The van der Waals surface area contributed by atoms with E-state index in [0.29, 0.717) is 36.9 Å². The molecule has 1 saturated heterocycles. The highest BCUT2D eigenvalue weighted by Crippen LogP contribution is 2.23. The van der Waals surface area contributed by atoms with Gasteiger partial charge in [-0.3, -0.25) is 0 Å². The second kappa shape index (κ2) is 7.51. The number of fused-ring (bicyclic) bond motifs is 1. The van der Waals surface area contributed by atoms with Gasteiger partial charge in [-0.1, -0.05) is 30.3 Å². The third kappa shape index (κ3) is 3.42. The summed E-state index contributed by atoms with van der Waals surface area (Å²) in [6.07, 6.45) is 3.49. The Labute approximate surface area is 174 Å². The summed E-state index contributed by atoms with van der Waals surface area (Å²) in [5.74, 6) is 1.37. The lowest BCUT2D eigenvalue weighted by Crippen LogP contribution is -2.49. The van der Waals surface area contributed by atoms with Crippen molar-refractivity contribution in [3.8, 4) is 5.82 Å². The Morgan fingerprint density at radius 3 is 2.20 bits per heavy atom. The maximum Gasteiger partial charge on any atom is 0.243 e. The van der Waals surface area contributed by atoms with Gasteiger partial charge in [-0.25, -0.2) is 13.1 Å². The highest BCUT2D eigenvalue weighted by Gasteiger charge is 2.29. The van der Waals surface area contributed by atoms with Crippen LogP contribution in [-0.4, -0.2) is 58.9 Å². The van der Waals surface area contributed by atoms with Crippen LogP contribution in [0.4, 0.5) is 5.82 Å². The number of nitrogens with zero attached hydrogens (tertiary/aromatic N) is 6. The van der Waals surface area contributed by atoms with Crippen LogP contribution in [0, 0.1) is 0 Å². The molecule has 9 heteroatoms. The van der Waals surface area contributed by atoms with Crippen molar-refractivity contribution in [1.82, 2.24) is 24.3 Å². The van der Waals surface area contributed by atoms with E-state index in [1.54, 1.807) is 33.5 Å². The molecule has 0 radical (unpaired) electrons. The van der Waals surface area contributed by atoms with E-state index >= 15 is 0 Å². The molecular weight excluding hydrogens is 400 g/mol. The van der Waals surface area contributed by atoms with Crippen molar-refractivity contribution < 1.29 is 8.42 Å². The van der Waals surface area contributed by atoms with Crippen molar-refractivity contribution in [3.63, 3.8) is 0 Å².